The van der Waals surface area contributed by atoms with Crippen molar-refractivity contribution in [2.45, 2.75) is 18.7 Å². The fourth-order valence-corrected chi connectivity index (χ4v) is 4.71. The molecule has 9 heteroatoms. The van der Waals surface area contributed by atoms with Gasteiger partial charge in [-0.25, -0.2) is 8.42 Å². The predicted octanol–water partition coefficient (Wildman–Crippen LogP) is 4.36. The van der Waals surface area contributed by atoms with Gasteiger partial charge in [-0.15, -0.1) is 0 Å². The van der Waals surface area contributed by atoms with Gasteiger partial charge < -0.3 is 14.8 Å². The third-order valence-corrected chi connectivity index (χ3v) is 7.27. The molecule has 180 valence electrons. The number of aryl methyl sites for hydroxylation is 2. The maximum Gasteiger partial charge on any atom is 0.264 e. The number of ether oxygens (including phenoxy) is 2. The highest BCUT2D eigenvalue weighted by molar-refractivity contribution is 7.92. The van der Waals surface area contributed by atoms with E-state index in [9.17, 15) is 13.2 Å². The highest BCUT2D eigenvalue weighted by Gasteiger charge is 2.27. The van der Waals surface area contributed by atoms with Crippen molar-refractivity contribution >= 4 is 33.2 Å². The minimum absolute atomic E-state index is 0.0910. The summed E-state index contributed by atoms with van der Waals surface area (Å²) in [4.78, 5) is 12.8. The van der Waals surface area contributed by atoms with Gasteiger partial charge in [-0.3, -0.25) is 9.10 Å². The number of benzene rings is 3. The number of nitrogens with zero attached hydrogens (tertiary/aromatic N) is 1. The molecule has 0 aliphatic rings. The number of rotatable bonds is 10. The van der Waals surface area contributed by atoms with Gasteiger partial charge in [0, 0.05) is 11.1 Å². The number of amides is 1. The first-order valence-electron chi connectivity index (χ1n) is 10.6. The standard InChI is InChI=1S/C25H27ClN2O5S/c1-18-7-11-23(12-8-18)34(30,31)28(20-5-4-6-21(15-20)32-3)17-25(29)27-13-14-33-22-10-9-19(2)24(26)16-22/h4-12,15-16H,13-14,17H2,1-3H3,(H,27,29). The van der Waals surface area contributed by atoms with Crippen LogP contribution in [-0.2, 0) is 14.8 Å². The number of sulfonamides is 1. The van der Waals surface area contributed by atoms with Crippen LogP contribution >= 0.6 is 11.6 Å². The van der Waals surface area contributed by atoms with E-state index in [1.807, 2.05) is 19.9 Å². The largest absolute Gasteiger partial charge is 0.497 e. The average molecular weight is 503 g/mol. The van der Waals surface area contributed by atoms with Crippen LogP contribution in [0.1, 0.15) is 11.1 Å². The summed E-state index contributed by atoms with van der Waals surface area (Å²) in [6, 6.07) is 18.4. The van der Waals surface area contributed by atoms with E-state index in [4.69, 9.17) is 21.1 Å². The molecule has 7 nitrogen and oxygen atoms in total. The van der Waals surface area contributed by atoms with Crippen molar-refractivity contribution in [1.82, 2.24) is 5.32 Å². The molecule has 0 fully saturated rings. The van der Waals surface area contributed by atoms with Crippen molar-refractivity contribution in [3.05, 3.63) is 82.9 Å². The molecule has 0 radical (unpaired) electrons. The Morgan fingerprint density at radius 1 is 1.00 bits per heavy atom. The van der Waals surface area contributed by atoms with Crippen LogP contribution in [0.4, 0.5) is 5.69 Å². The normalized spacial score (nSPS) is 11.1. The molecule has 1 N–H and O–H groups in total. The van der Waals surface area contributed by atoms with Crippen LogP contribution in [0.25, 0.3) is 0 Å². The number of hydrogen-bond acceptors (Lipinski definition) is 5. The SMILES string of the molecule is COc1cccc(N(CC(=O)NCCOc2ccc(C)c(Cl)c2)S(=O)(=O)c2ccc(C)cc2)c1. The van der Waals surface area contributed by atoms with Gasteiger partial charge in [0.2, 0.25) is 5.91 Å². The van der Waals surface area contributed by atoms with Gasteiger partial charge in [-0.2, -0.15) is 0 Å². The summed E-state index contributed by atoms with van der Waals surface area (Å²) in [5.74, 6) is 0.598. The van der Waals surface area contributed by atoms with Gasteiger partial charge in [0.25, 0.3) is 10.0 Å². The Morgan fingerprint density at radius 2 is 1.74 bits per heavy atom. The molecule has 0 spiro atoms. The lowest BCUT2D eigenvalue weighted by molar-refractivity contribution is -0.119. The summed E-state index contributed by atoms with van der Waals surface area (Å²) >= 11 is 6.09. The molecule has 0 aliphatic carbocycles. The second-order valence-electron chi connectivity index (χ2n) is 7.64. The predicted molar refractivity (Wildman–Crippen MR) is 133 cm³/mol. The zero-order chi connectivity index (χ0) is 24.7. The molecule has 0 heterocycles. The second kappa shape index (κ2) is 11.3. The Kier molecular flexibility index (Phi) is 8.41. The van der Waals surface area contributed by atoms with Crippen molar-refractivity contribution in [3.63, 3.8) is 0 Å². The first-order chi connectivity index (χ1) is 16.2. The van der Waals surface area contributed by atoms with Gasteiger partial charge in [-0.05, 0) is 55.8 Å². The van der Waals surface area contributed by atoms with Gasteiger partial charge >= 0.3 is 0 Å². The van der Waals surface area contributed by atoms with E-state index in [2.05, 4.69) is 5.32 Å². The number of halogens is 1. The Balaban J connectivity index is 1.72. The van der Waals surface area contributed by atoms with E-state index in [1.54, 1.807) is 48.5 Å². The van der Waals surface area contributed by atoms with Crippen molar-refractivity contribution in [2.75, 3.05) is 31.1 Å². The Hall–Kier alpha value is -3.23. The number of hydrogen-bond donors (Lipinski definition) is 1. The van der Waals surface area contributed by atoms with E-state index >= 15 is 0 Å². The minimum atomic E-state index is -4.00. The fourth-order valence-electron chi connectivity index (χ4n) is 3.13. The molecule has 0 atom stereocenters. The second-order valence-corrected chi connectivity index (χ2v) is 9.91. The molecular weight excluding hydrogens is 476 g/mol. The Bertz CT molecular complexity index is 1250. The molecule has 0 bridgehead atoms. The summed E-state index contributed by atoms with van der Waals surface area (Å²) < 4.78 is 38.8. The molecule has 1 amide bonds. The summed E-state index contributed by atoms with van der Waals surface area (Å²) in [6.07, 6.45) is 0. The maximum absolute atomic E-state index is 13.4. The van der Waals surface area contributed by atoms with Crippen molar-refractivity contribution < 1.29 is 22.7 Å². The summed E-state index contributed by atoms with van der Waals surface area (Å²) in [5.41, 5.74) is 2.19. The summed E-state index contributed by atoms with van der Waals surface area (Å²) in [6.45, 7) is 3.76. The quantitative estimate of drug-likeness (QED) is 0.416. The number of nitrogens with one attached hydrogen (secondary N) is 1. The van der Waals surface area contributed by atoms with E-state index in [0.29, 0.717) is 22.2 Å². The molecule has 0 saturated heterocycles. The zero-order valence-corrected chi connectivity index (χ0v) is 20.8. The first kappa shape index (κ1) is 25.4. The minimum Gasteiger partial charge on any atom is -0.497 e. The van der Waals surface area contributed by atoms with Crippen molar-refractivity contribution in [2.24, 2.45) is 0 Å². The van der Waals surface area contributed by atoms with Crippen molar-refractivity contribution in [1.29, 1.82) is 0 Å². The lowest BCUT2D eigenvalue weighted by Crippen LogP contribution is -2.41. The third-order valence-electron chi connectivity index (χ3n) is 5.07. The van der Waals surface area contributed by atoms with E-state index in [0.717, 1.165) is 15.4 Å². The van der Waals surface area contributed by atoms with E-state index in [-0.39, 0.29) is 18.0 Å². The lowest BCUT2D eigenvalue weighted by atomic mass is 10.2. The van der Waals surface area contributed by atoms with E-state index < -0.39 is 22.5 Å². The van der Waals surface area contributed by atoms with Crippen molar-refractivity contribution in [3.8, 4) is 11.5 Å². The molecule has 0 unspecified atom stereocenters. The number of methoxy groups -OCH3 is 1. The zero-order valence-electron chi connectivity index (χ0n) is 19.2. The highest BCUT2D eigenvalue weighted by atomic mass is 35.5. The van der Waals surface area contributed by atoms with Gasteiger partial charge in [0.05, 0.1) is 24.2 Å². The Labute approximate surface area is 205 Å². The third kappa shape index (κ3) is 6.42. The molecule has 34 heavy (non-hydrogen) atoms. The molecule has 0 aliphatic heterocycles. The van der Waals surface area contributed by atoms with Crippen LogP contribution in [0.2, 0.25) is 5.02 Å². The van der Waals surface area contributed by atoms with Gasteiger partial charge in [0.1, 0.15) is 24.7 Å². The summed E-state index contributed by atoms with van der Waals surface area (Å²) in [5, 5.41) is 3.30. The molecule has 3 aromatic rings. The number of carbonyl (C=O) groups excluding carboxylic acids is 1. The monoisotopic (exact) mass is 502 g/mol. The topological polar surface area (TPSA) is 84.9 Å². The molecule has 3 rings (SSSR count). The summed E-state index contributed by atoms with van der Waals surface area (Å²) in [7, 11) is -2.51. The molecule has 0 aromatic heterocycles. The van der Waals surface area contributed by atoms with Crippen LogP contribution in [-0.4, -0.2) is 41.1 Å². The van der Waals surface area contributed by atoms with Crippen LogP contribution < -0.4 is 19.1 Å². The van der Waals surface area contributed by atoms with Crippen LogP contribution in [0.5, 0.6) is 11.5 Å². The van der Waals surface area contributed by atoms with E-state index in [1.165, 1.54) is 19.2 Å². The molecule has 3 aromatic carbocycles. The van der Waals surface area contributed by atoms with Crippen LogP contribution in [0.15, 0.2) is 71.6 Å². The van der Waals surface area contributed by atoms with Crippen LogP contribution in [0, 0.1) is 13.8 Å². The fraction of sp³-hybridized carbons (Fsp3) is 0.240. The smallest absolute Gasteiger partial charge is 0.264 e. The maximum atomic E-state index is 13.4. The van der Waals surface area contributed by atoms with Gasteiger partial charge in [-0.1, -0.05) is 41.4 Å². The average Bonchev–Trinajstić information content (AvgIpc) is 2.82. The number of carbonyl (C=O) groups is 1. The molecule has 0 saturated carbocycles. The number of anilines is 1. The highest BCUT2D eigenvalue weighted by Crippen LogP contribution is 2.27. The Morgan fingerprint density at radius 3 is 2.41 bits per heavy atom. The molecular formula is C25H27ClN2O5S. The van der Waals surface area contributed by atoms with Crippen LogP contribution in [0.3, 0.4) is 0 Å². The first-order valence-corrected chi connectivity index (χ1v) is 12.4. The van der Waals surface area contributed by atoms with Gasteiger partial charge in [0.15, 0.2) is 0 Å². The lowest BCUT2D eigenvalue weighted by Gasteiger charge is -2.24.